The first kappa shape index (κ1) is 25.7. The Labute approximate surface area is 225 Å². The second-order valence-electron chi connectivity index (χ2n) is 7.25. The van der Waals surface area contributed by atoms with Crippen molar-refractivity contribution in [3.05, 3.63) is 95.6 Å². The van der Waals surface area contributed by atoms with E-state index in [2.05, 4.69) is 56.6 Å². The molecule has 172 valence electrons. The molecule has 3 rings (SSSR count). The highest BCUT2D eigenvalue weighted by atomic mass is 127. The number of hydrogen-bond acceptors (Lipinski definition) is 5. The first-order chi connectivity index (χ1) is 16.3. The number of rotatable bonds is 7. The van der Waals surface area contributed by atoms with Crippen LogP contribution in [0.2, 0.25) is 0 Å². The minimum Gasteiger partial charge on any atom is -0.487 e. The minimum atomic E-state index is -0.622. The number of halogens is 2. The summed E-state index contributed by atoms with van der Waals surface area (Å²) in [5.74, 6) is -0.456. The fourth-order valence-electron chi connectivity index (χ4n) is 3.14. The zero-order valence-electron chi connectivity index (χ0n) is 18.4. The second-order valence-corrected chi connectivity index (χ2v) is 9.58. The van der Waals surface area contributed by atoms with E-state index in [1.54, 1.807) is 18.2 Å². The molecule has 3 aromatic rings. The molecule has 1 N–H and O–H groups in total. The number of nitrogens with one attached hydrogen (secondary N) is 1. The van der Waals surface area contributed by atoms with E-state index in [0.717, 1.165) is 18.5 Å². The van der Waals surface area contributed by atoms with Crippen molar-refractivity contribution in [3.63, 3.8) is 0 Å². The van der Waals surface area contributed by atoms with Gasteiger partial charge >= 0.3 is 5.97 Å². The molecule has 1 amide bonds. The lowest BCUT2D eigenvalue weighted by atomic mass is 10.1. The number of carbonyl (C=O) groups is 2. The maximum Gasteiger partial charge on any atom is 0.339 e. The number of benzene rings is 3. The van der Waals surface area contributed by atoms with Crippen LogP contribution in [0, 0.1) is 25.4 Å². The second kappa shape index (κ2) is 12.0. The lowest BCUT2D eigenvalue weighted by molar-refractivity contribution is -0.112. The Morgan fingerprint density at radius 2 is 1.76 bits per heavy atom. The van der Waals surface area contributed by atoms with Gasteiger partial charge in [0, 0.05) is 0 Å². The van der Waals surface area contributed by atoms with Crippen LogP contribution in [0.4, 0.5) is 5.69 Å². The molecule has 0 atom stereocenters. The van der Waals surface area contributed by atoms with Gasteiger partial charge in [0.15, 0.2) is 0 Å². The highest BCUT2D eigenvalue weighted by Gasteiger charge is 2.16. The third-order valence-corrected chi connectivity index (χ3v) is 6.35. The average molecular weight is 678 g/mol. The maximum absolute atomic E-state index is 12.8. The van der Waals surface area contributed by atoms with Gasteiger partial charge < -0.3 is 14.8 Å². The van der Waals surface area contributed by atoms with Crippen molar-refractivity contribution in [2.75, 3.05) is 12.4 Å². The molecule has 0 aliphatic heterocycles. The molecule has 0 saturated carbocycles. The van der Waals surface area contributed by atoms with Gasteiger partial charge in [-0.05, 0) is 93.6 Å². The molecule has 0 bridgehead atoms. The van der Waals surface area contributed by atoms with Gasteiger partial charge in [-0.15, -0.1) is 0 Å². The molecular weight excluding hydrogens is 658 g/mol. The molecule has 0 aromatic heterocycles. The van der Waals surface area contributed by atoms with Crippen LogP contribution < -0.4 is 10.1 Å². The van der Waals surface area contributed by atoms with Gasteiger partial charge in [0.1, 0.15) is 24.0 Å². The van der Waals surface area contributed by atoms with Crippen LogP contribution in [0.3, 0.4) is 0 Å². The average Bonchev–Trinajstić information content (AvgIpc) is 2.81. The van der Waals surface area contributed by atoms with Crippen LogP contribution in [0.25, 0.3) is 6.08 Å². The van der Waals surface area contributed by atoms with Crippen LogP contribution in [-0.2, 0) is 16.1 Å². The van der Waals surface area contributed by atoms with Gasteiger partial charge in [-0.25, -0.2) is 4.79 Å². The number of aryl methyl sites for hydroxylation is 1. The van der Waals surface area contributed by atoms with E-state index < -0.39 is 11.9 Å². The van der Waals surface area contributed by atoms with Gasteiger partial charge in [-0.2, -0.15) is 5.26 Å². The number of anilines is 1. The standard InChI is InChI=1S/C26H20I2N2O4/c1-16-6-5-7-17(10-16)15-34-24-21(27)12-18(13-22(24)28)11-19(14-29)25(31)30-23-9-4-3-8-20(23)26(32)33-2/h3-13H,15H2,1-2H3,(H,30,31)/b19-11-. The highest BCUT2D eigenvalue weighted by Crippen LogP contribution is 2.31. The zero-order chi connectivity index (χ0) is 24.7. The van der Waals surface area contributed by atoms with Gasteiger partial charge in [0.05, 0.1) is 25.5 Å². The molecule has 3 aromatic carbocycles. The Balaban J connectivity index is 1.80. The predicted octanol–water partition coefficient (Wildman–Crippen LogP) is 6.12. The summed E-state index contributed by atoms with van der Waals surface area (Å²) >= 11 is 4.36. The van der Waals surface area contributed by atoms with Crippen LogP contribution in [0.5, 0.6) is 5.75 Å². The summed E-state index contributed by atoms with van der Waals surface area (Å²) in [4.78, 5) is 24.7. The lowest BCUT2D eigenvalue weighted by Crippen LogP contribution is -2.16. The highest BCUT2D eigenvalue weighted by molar-refractivity contribution is 14.1. The predicted molar refractivity (Wildman–Crippen MR) is 147 cm³/mol. The monoisotopic (exact) mass is 678 g/mol. The van der Waals surface area contributed by atoms with E-state index in [1.807, 2.05) is 43.3 Å². The maximum atomic E-state index is 12.8. The van der Waals surface area contributed by atoms with E-state index in [0.29, 0.717) is 12.2 Å². The van der Waals surface area contributed by atoms with E-state index in [4.69, 9.17) is 9.47 Å². The van der Waals surface area contributed by atoms with E-state index in [9.17, 15) is 14.9 Å². The summed E-state index contributed by atoms with van der Waals surface area (Å²) in [6.45, 7) is 2.48. The summed E-state index contributed by atoms with van der Waals surface area (Å²) < 4.78 is 12.5. The fourth-order valence-corrected chi connectivity index (χ4v) is 5.27. The number of amides is 1. The summed E-state index contributed by atoms with van der Waals surface area (Å²) in [6.07, 6.45) is 1.50. The Kier molecular flexibility index (Phi) is 9.06. The molecule has 8 heteroatoms. The Bertz CT molecular complexity index is 1290. The number of carbonyl (C=O) groups excluding carboxylic acids is 2. The van der Waals surface area contributed by atoms with Crippen molar-refractivity contribution >= 4 is 68.8 Å². The van der Waals surface area contributed by atoms with Gasteiger partial charge in [0.2, 0.25) is 0 Å². The van der Waals surface area contributed by atoms with Crippen LogP contribution in [0.15, 0.2) is 66.2 Å². The first-order valence-corrected chi connectivity index (χ1v) is 12.3. The van der Waals surface area contributed by atoms with E-state index >= 15 is 0 Å². The Morgan fingerprint density at radius 3 is 2.41 bits per heavy atom. The number of esters is 1. The molecule has 0 saturated heterocycles. The van der Waals surface area contributed by atoms with Crippen molar-refractivity contribution in [2.24, 2.45) is 0 Å². The molecule has 0 heterocycles. The molecule has 34 heavy (non-hydrogen) atoms. The number of nitriles is 1. The summed E-state index contributed by atoms with van der Waals surface area (Å²) in [7, 11) is 1.26. The first-order valence-electron chi connectivity index (χ1n) is 10.1. The number of methoxy groups -OCH3 is 1. The van der Waals surface area contributed by atoms with Crippen molar-refractivity contribution in [1.29, 1.82) is 5.26 Å². The topological polar surface area (TPSA) is 88.4 Å². The third kappa shape index (κ3) is 6.57. The number of nitrogens with zero attached hydrogens (tertiary/aromatic N) is 1. The lowest BCUT2D eigenvalue weighted by Gasteiger charge is -2.12. The van der Waals surface area contributed by atoms with Crippen LogP contribution >= 0.6 is 45.2 Å². The largest absolute Gasteiger partial charge is 0.487 e. The van der Waals surface area contributed by atoms with Gasteiger partial charge in [-0.3, -0.25) is 4.79 Å². The number of ether oxygens (including phenoxy) is 2. The number of hydrogen-bond donors (Lipinski definition) is 1. The van der Waals surface area contributed by atoms with Crippen LogP contribution in [0.1, 0.15) is 27.0 Å². The Morgan fingerprint density at radius 1 is 1.06 bits per heavy atom. The molecule has 0 unspecified atom stereocenters. The quantitative estimate of drug-likeness (QED) is 0.141. The normalized spacial score (nSPS) is 10.9. The minimum absolute atomic E-state index is 0.0975. The Hall–Kier alpha value is -2.91. The summed E-state index contributed by atoms with van der Waals surface area (Å²) in [6, 6.07) is 20.2. The summed E-state index contributed by atoms with van der Waals surface area (Å²) in [5, 5.41) is 12.2. The summed E-state index contributed by atoms with van der Waals surface area (Å²) in [5.41, 5.74) is 3.30. The molecular formula is C26H20I2N2O4. The van der Waals surface area contributed by atoms with Gasteiger partial charge in [-0.1, -0.05) is 42.0 Å². The SMILES string of the molecule is COC(=O)c1ccccc1NC(=O)/C(C#N)=C\c1cc(I)c(OCc2cccc(C)c2)c(I)c1. The van der Waals surface area contributed by atoms with E-state index in [-0.39, 0.29) is 16.8 Å². The molecule has 0 spiro atoms. The van der Waals surface area contributed by atoms with Crippen molar-refractivity contribution in [1.82, 2.24) is 0 Å². The van der Waals surface area contributed by atoms with Crippen molar-refractivity contribution in [2.45, 2.75) is 13.5 Å². The molecule has 0 aliphatic rings. The fraction of sp³-hybridized carbons (Fsp3) is 0.115. The van der Waals surface area contributed by atoms with Crippen molar-refractivity contribution < 1.29 is 19.1 Å². The van der Waals surface area contributed by atoms with Crippen molar-refractivity contribution in [3.8, 4) is 11.8 Å². The third-order valence-electron chi connectivity index (χ3n) is 4.74. The van der Waals surface area contributed by atoms with Gasteiger partial charge in [0.25, 0.3) is 5.91 Å². The zero-order valence-corrected chi connectivity index (χ0v) is 22.7. The molecule has 0 fully saturated rings. The smallest absolute Gasteiger partial charge is 0.339 e. The molecule has 6 nitrogen and oxygen atoms in total. The van der Waals surface area contributed by atoms with E-state index in [1.165, 1.54) is 24.8 Å². The number of para-hydroxylation sites is 1. The van der Waals surface area contributed by atoms with Crippen LogP contribution in [-0.4, -0.2) is 19.0 Å². The molecule has 0 aliphatic carbocycles. The molecule has 0 radical (unpaired) electrons.